The van der Waals surface area contributed by atoms with Gasteiger partial charge in [-0.25, -0.2) is 17.5 Å². The Morgan fingerprint density at radius 3 is 2.47 bits per heavy atom. The summed E-state index contributed by atoms with van der Waals surface area (Å²) in [5.41, 5.74) is 2.06. The molecule has 36 heavy (non-hydrogen) atoms. The summed E-state index contributed by atoms with van der Waals surface area (Å²) in [6.45, 7) is 1.23. The third kappa shape index (κ3) is 6.03. The van der Waals surface area contributed by atoms with Crippen molar-refractivity contribution in [2.45, 2.75) is 56.7 Å². The van der Waals surface area contributed by atoms with E-state index in [1.54, 1.807) is 31.2 Å². The lowest BCUT2D eigenvalue weighted by atomic mass is 9.57. The van der Waals surface area contributed by atoms with Crippen LogP contribution in [-0.4, -0.2) is 51.5 Å². The first-order valence-corrected chi connectivity index (χ1v) is 14.0. The molecule has 0 bridgehead atoms. The summed E-state index contributed by atoms with van der Waals surface area (Å²) in [5, 5.41) is 0. The van der Waals surface area contributed by atoms with Crippen LogP contribution in [0.2, 0.25) is 0 Å². The molecule has 0 aromatic heterocycles. The van der Waals surface area contributed by atoms with Gasteiger partial charge in [0, 0.05) is 24.5 Å². The van der Waals surface area contributed by atoms with Gasteiger partial charge in [-0.1, -0.05) is 31.5 Å². The second kappa shape index (κ2) is 10.7. The summed E-state index contributed by atoms with van der Waals surface area (Å²) < 4.78 is 86.5. The fourth-order valence-corrected chi connectivity index (χ4v) is 6.63. The summed E-state index contributed by atoms with van der Waals surface area (Å²) in [5.74, 6) is 0.138. The number of fused-ring (bicyclic) bond motifs is 1. The van der Waals surface area contributed by atoms with Crippen molar-refractivity contribution in [3.63, 3.8) is 0 Å². The van der Waals surface area contributed by atoms with Crippen molar-refractivity contribution >= 4 is 10.0 Å². The number of benzene rings is 2. The van der Waals surface area contributed by atoms with Crippen LogP contribution in [0.25, 0.3) is 0 Å². The third-order valence-corrected chi connectivity index (χ3v) is 8.77. The molecule has 198 valence electrons. The largest absolute Gasteiger partial charge is 0.492 e. The van der Waals surface area contributed by atoms with Crippen molar-refractivity contribution in [3.05, 3.63) is 65.0 Å². The molecule has 4 rings (SSSR count). The number of alkyl halides is 3. The predicted octanol–water partition coefficient (Wildman–Crippen LogP) is 5.12. The maximum absolute atomic E-state index is 13.7. The molecule has 0 spiro atoms. The van der Waals surface area contributed by atoms with E-state index in [0.29, 0.717) is 31.4 Å². The van der Waals surface area contributed by atoms with Gasteiger partial charge < -0.3 is 4.74 Å². The average Bonchev–Trinajstić information content (AvgIpc) is 2.77. The zero-order valence-corrected chi connectivity index (χ0v) is 21.1. The normalized spacial score (nSPS) is 20.0. The number of ether oxygens (including phenoxy) is 1. The monoisotopic (exact) mass is 528 g/mol. The average molecular weight is 529 g/mol. The zero-order chi connectivity index (χ0) is 26.0. The van der Waals surface area contributed by atoms with E-state index < -0.39 is 34.2 Å². The minimum atomic E-state index is -4.35. The highest BCUT2D eigenvalue weighted by Gasteiger charge is 2.51. The zero-order valence-electron chi connectivity index (χ0n) is 20.3. The highest BCUT2D eigenvalue weighted by Crippen LogP contribution is 2.56. The van der Waals surface area contributed by atoms with Crippen molar-refractivity contribution in [3.8, 4) is 5.75 Å². The molecule has 10 heteroatoms. The molecular formula is C26H32F4N2O3S. The molecule has 1 N–H and O–H groups in total. The van der Waals surface area contributed by atoms with Gasteiger partial charge in [-0.2, -0.15) is 13.2 Å². The molecule has 2 aliphatic rings. The van der Waals surface area contributed by atoms with E-state index in [4.69, 9.17) is 4.74 Å². The van der Waals surface area contributed by atoms with Gasteiger partial charge in [-0.05, 0) is 66.6 Å². The molecular weight excluding hydrogens is 496 g/mol. The van der Waals surface area contributed by atoms with Crippen molar-refractivity contribution in [1.29, 1.82) is 0 Å². The fraction of sp³-hybridized carbons (Fsp3) is 0.538. The number of hydrogen-bond acceptors (Lipinski definition) is 4. The minimum Gasteiger partial charge on any atom is -0.492 e. The predicted molar refractivity (Wildman–Crippen MR) is 130 cm³/mol. The Morgan fingerprint density at radius 1 is 1.14 bits per heavy atom. The number of sulfonamides is 1. The standard InChI is InChI=1S/C26H32F4N2O3S/c1-2-16-36(33,34)31-13-15-35-22-9-4-19-10-14-32(18-26(28,29)30)24(23(19)17-22)25(11-3-12-25)20-5-7-21(27)8-6-20/h4-9,17,24,31H,2-3,10-16,18H2,1H3. The molecule has 1 heterocycles. The van der Waals surface area contributed by atoms with E-state index in [1.807, 2.05) is 6.07 Å². The van der Waals surface area contributed by atoms with E-state index in [2.05, 4.69) is 4.72 Å². The first-order chi connectivity index (χ1) is 17.0. The van der Waals surface area contributed by atoms with Gasteiger partial charge in [0.2, 0.25) is 10.0 Å². The first kappa shape index (κ1) is 26.9. The van der Waals surface area contributed by atoms with Gasteiger partial charge >= 0.3 is 6.18 Å². The van der Waals surface area contributed by atoms with Gasteiger partial charge in [-0.15, -0.1) is 0 Å². The summed E-state index contributed by atoms with van der Waals surface area (Å²) in [6, 6.07) is 11.1. The molecule has 0 radical (unpaired) electrons. The molecule has 0 saturated heterocycles. The van der Waals surface area contributed by atoms with Crippen LogP contribution < -0.4 is 9.46 Å². The molecule has 1 saturated carbocycles. The van der Waals surface area contributed by atoms with Gasteiger partial charge in [0.25, 0.3) is 0 Å². The summed E-state index contributed by atoms with van der Waals surface area (Å²) in [4.78, 5) is 1.51. The van der Waals surface area contributed by atoms with Gasteiger partial charge in [0.05, 0.1) is 12.3 Å². The lowest BCUT2D eigenvalue weighted by Gasteiger charge is -2.54. The van der Waals surface area contributed by atoms with E-state index >= 15 is 0 Å². The van der Waals surface area contributed by atoms with Crippen LogP contribution in [0.4, 0.5) is 17.6 Å². The van der Waals surface area contributed by atoms with E-state index in [0.717, 1.165) is 23.1 Å². The van der Waals surface area contributed by atoms with Crippen LogP contribution in [-0.2, 0) is 21.9 Å². The van der Waals surface area contributed by atoms with Crippen LogP contribution in [0.15, 0.2) is 42.5 Å². The number of nitrogens with zero attached hydrogens (tertiary/aromatic N) is 1. The summed E-state index contributed by atoms with van der Waals surface area (Å²) in [7, 11) is -3.35. The van der Waals surface area contributed by atoms with Crippen molar-refractivity contribution in [2.24, 2.45) is 0 Å². The maximum Gasteiger partial charge on any atom is 0.401 e. The lowest BCUT2D eigenvalue weighted by Crippen LogP contribution is -2.53. The molecule has 5 nitrogen and oxygen atoms in total. The van der Waals surface area contributed by atoms with Crippen LogP contribution in [0.5, 0.6) is 5.75 Å². The lowest BCUT2D eigenvalue weighted by molar-refractivity contribution is -0.158. The Bertz CT molecular complexity index is 1150. The Morgan fingerprint density at radius 2 is 1.86 bits per heavy atom. The summed E-state index contributed by atoms with van der Waals surface area (Å²) >= 11 is 0. The topological polar surface area (TPSA) is 58.6 Å². The number of nitrogens with one attached hydrogen (secondary N) is 1. The van der Waals surface area contributed by atoms with E-state index in [1.165, 1.54) is 17.0 Å². The molecule has 0 amide bonds. The SMILES string of the molecule is CCCS(=O)(=O)NCCOc1ccc2c(c1)C(C1(c3ccc(F)cc3)CCC1)N(CC(F)(F)F)CC2. The first-order valence-electron chi connectivity index (χ1n) is 12.3. The number of halogens is 4. The summed E-state index contributed by atoms with van der Waals surface area (Å²) in [6.07, 6.45) is -1.06. The van der Waals surface area contributed by atoms with Gasteiger partial charge in [0.1, 0.15) is 18.2 Å². The Hall–Kier alpha value is -2.17. The maximum atomic E-state index is 13.7. The molecule has 2 aromatic rings. The fourth-order valence-electron chi connectivity index (χ4n) is 5.55. The number of hydrogen-bond donors (Lipinski definition) is 1. The smallest absolute Gasteiger partial charge is 0.401 e. The number of rotatable bonds is 10. The van der Waals surface area contributed by atoms with E-state index in [9.17, 15) is 26.0 Å². The quantitative estimate of drug-likeness (QED) is 0.344. The molecule has 1 atom stereocenters. The molecule has 2 aromatic carbocycles. The molecule has 1 aliphatic carbocycles. The van der Waals surface area contributed by atoms with Gasteiger partial charge in [-0.3, -0.25) is 4.90 Å². The van der Waals surface area contributed by atoms with Crippen LogP contribution in [0, 0.1) is 5.82 Å². The second-order valence-corrected chi connectivity index (χ2v) is 11.6. The highest BCUT2D eigenvalue weighted by atomic mass is 32.2. The Labute approximate surface area is 209 Å². The molecule has 1 fully saturated rings. The van der Waals surface area contributed by atoms with Crippen molar-refractivity contribution in [2.75, 3.05) is 32.0 Å². The highest BCUT2D eigenvalue weighted by molar-refractivity contribution is 7.89. The van der Waals surface area contributed by atoms with E-state index in [-0.39, 0.29) is 31.3 Å². The third-order valence-electron chi connectivity index (χ3n) is 7.18. The van der Waals surface area contributed by atoms with Crippen molar-refractivity contribution < 1.29 is 30.7 Å². The Kier molecular flexibility index (Phi) is 7.97. The minimum absolute atomic E-state index is 0.0357. The van der Waals surface area contributed by atoms with Crippen LogP contribution in [0.1, 0.15) is 55.3 Å². The van der Waals surface area contributed by atoms with Crippen LogP contribution in [0.3, 0.4) is 0 Å². The molecule has 1 unspecified atom stereocenters. The molecule has 1 aliphatic heterocycles. The van der Waals surface area contributed by atoms with Crippen molar-refractivity contribution in [1.82, 2.24) is 9.62 Å². The van der Waals surface area contributed by atoms with Crippen LogP contribution >= 0.6 is 0 Å². The second-order valence-electron chi connectivity index (χ2n) is 9.68. The Balaban J connectivity index is 1.63. The van der Waals surface area contributed by atoms with Gasteiger partial charge in [0.15, 0.2) is 0 Å².